The van der Waals surface area contributed by atoms with E-state index in [0.29, 0.717) is 0 Å². The molecule has 1 aromatic carbocycles. The van der Waals surface area contributed by atoms with Crippen LogP contribution < -0.4 is 5.56 Å². The quantitative estimate of drug-likeness (QED) is 0.597. The maximum Gasteiger partial charge on any atom is 0.256 e. The van der Waals surface area contributed by atoms with Crippen LogP contribution in [0.2, 0.25) is 0 Å². The highest BCUT2D eigenvalue weighted by Crippen LogP contribution is 2.24. The second kappa shape index (κ2) is 3.42. The van der Waals surface area contributed by atoms with Crippen LogP contribution in [0.15, 0.2) is 35.3 Å². The molecule has 2 heterocycles. The number of aryl methyl sites for hydroxylation is 2. The number of benzene rings is 1. The summed E-state index contributed by atoms with van der Waals surface area (Å²) in [6, 6.07) is 7.67. The predicted octanol–water partition coefficient (Wildman–Crippen LogP) is 2.69. The van der Waals surface area contributed by atoms with E-state index >= 15 is 0 Å². The molecule has 0 spiro atoms. The molecule has 0 aliphatic rings. The van der Waals surface area contributed by atoms with Gasteiger partial charge in [-0.15, -0.1) is 0 Å². The van der Waals surface area contributed by atoms with Crippen molar-refractivity contribution in [3.63, 3.8) is 0 Å². The van der Waals surface area contributed by atoms with Crippen molar-refractivity contribution in [1.29, 1.82) is 0 Å². The number of nitrogens with one attached hydrogen (secondary N) is 1. The van der Waals surface area contributed by atoms with Crippen molar-refractivity contribution < 1.29 is 0 Å². The number of fused-ring (bicyclic) bond motifs is 3. The summed E-state index contributed by atoms with van der Waals surface area (Å²) in [5.74, 6) is 0. The summed E-state index contributed by atoms with van der Waals surface area (Å²) in [7, 11) is 0. The Bertz CT molecular complexity index is 787. The average molecular weight is 224 g/mol. The van der Waals surface area contributed by atoms with Gasteiger partial charge in [0.15, 0.2) is 0 Å². The standard InChI is InChI=1S/C14H12N2O/c1-8-9(2)15-7-12-13(8)10-5-3-4-6-11(10)14(17)16-12/h3-7H,1-2H3,(H,16,17). The Labute approximate surface area is 98.1 Å². The Kier molecular flexibility index (Phi) is 2.01. The van der Waals surface area contributed by atoms with Crippen LogP contribution in [0, 0.1) is 13.8 Å². The molecule has 0 saturated carbocycles. The SMILES string of the molecule is Cc1ncc2[nH]c(=O)c3ccccc3c2c1C. The van der Waals surface area contributed by atoms with Crippen molar-refractivity contribution in [2.24, 2.45) is 0 Å². The van der Waals surface area contributed by atoms with E-state index in [9.17, 15) is 4.79 Å². The van der Waals surface area contributed by atoms with E-state index in [4.69, 9.17) is 0 Å². The Hall–Kier alpha value is -2.16. The highest BCUT2D eigenvalue weighted by Gasteiger charge is 2.08. The van der Waals surface area contributed by atoms with Gasteiger partial charge >= 0.3 is 0 Å². The normalized spacial score (nSPS) is 11.2. The van der Waals surface area contributed by atoms with Crippen LogP contribution in [-0.4, -0.2) is 9.97 Å². The number of hydrogen-bond acceptors (Lipinski definition) is 2. The highest BCUT2D eigenvalue weighted by molar-refractivity contribution is 6.06. The molecule has 0 unspecified atom stereocenters. The van der Waals surface area contributed by atoms with Crippen molar-refractivity contribution in [3.05, 3.63) is 52.1 Å². The third-order valence-electron chi connectivity index (χ3n) is 3.26. The number of aromatic amines is 1. The molecule has 3 aromatic rings. The van der Waals surface area contributed by atoms with Crippen LogP contribution >= 0.6 is 0 Å². The summed E-state index contributed by atoms with van der Waals surface area (Å²) >= 11 is 0. The molecule has 0 radical (unpaired) electrons. The van der Waals surface area contributed by atoms with E-state index in [2.05, 4.69) is 9.97 Å². The fourth-order valence-electron chi connectivity index (χ4n) is 2.24. The van der Waals surface area contributed by atoms with Crippen molar-refractivity contribution in [2.75, 3.05) is 0 Å². The van der Waals surface area contributed by atoms with Crippen LogP contribution in [0.3, 0.4) is 0 Å². The number of nitrogens with zero attached hydrogens (tertiary/aromatic N) is 1. The zero-order chi connectivity index (χ0) is 12.0. The molecule has 3 heteroatoms. The van der Waals surface area contributed by atoms with Gasteiger partial charge in [0.05, 0.1) is 11.7 Å². The largest absolute Gasteiger partial charge is 0.320 e. The van der Waals surface area contributed by atoms with Gasteiger partial charge in [-0.2, -0.15) is 0 Å². The number of pyridine rings is 2. The van der Waals surface area contributed by atoms with E-state index in [1.165, 1.54) is 0 Å². The summed E-state index contributed by atoms with van der Waals surface area (Å²) in [5, 5.41) is 2.82. The molecule has 84 valence electrons. The average Bonchev–Trinajstić information content (AvgIpc) is 2.34. The Balaban J connectivity index is 2.71. The lowest BCUT2D eigenvalue weighted by Gasteiger charge is -2.07. The lowest BCUT2D eigenvalue weighted by molar-refractivity contribution is 1.16. The lowest BCUT2D eigenvalue weighted by atomic mass is 10.0. The van der Waals surface area contributed by atoms with E-state index < -0.39 is 0 Å². The van der Waals surface area contributed by atoms with Crippen molar-refractivity contribution in [2.45, 2.75) is 13.8 Å². The minimum Gasteiger partial charge on any atom is -0.320 e. The van der Waals surface area contributed by atoms with E-state index in [-0.39, 0.29) is 5.56 Å². The van der Waals surface area contributed by atoms with Gasteiger partial charge in [0, 0.05) is 16.5 Å². The second-order valence-corrected chi connectivity index (χ2v) is 4.26. The zero-order valence-corrected chi connectivity index (χ0v) is 9.74. The molecule has 3 nitrogen and oxygen atoms in total. The van der Waals surface area contributed by atoms with Crippen molar-refractivity contribution in [1.82, 2.24) is 9.97 Å². The topological polar surface area (TPSA) is 45.8 Å². The van der Waals surface area contributed by atoms with Gasteiger partial charge in [-0.3, -0.25) is 9.78 Å². The summed E-state index contributed by atoms with van der Waals surface area (Å²) in [6.45, 7) is 4.02. The van der Waals surface area contributed by atoms with E-state index in [0.717, 1.165) is 32.9 Å². The minimum absolute atomic E-state index is 0.0573. The monoisotopic (exact) mass is 224 g/mol. The van der Waals surface area contributed by atoms with Crippen LogP contribution in [-0.2, 0) is 0 Å². The zero-order valence-electron chi connectivity index (χ0n) is 9.74. The first-order chi connectivity index (χ1) is 8.18. The summed E-state index contributed by atoms with van der Waals surface area (Å²) < 4.78 is 0. The number of H-pyrrole nitrogens is 1. The summed E-state index contributed by atoms with van der Waals surface area (Å²) in [5.41, 5.74) is 2.86. The first-order valence-electron chi connectivity index (χ1n) is 5.55. The number of aromatic nitrogens is 2. The molecule has 0 bridgehead atoms. The van der Waals surface area contributed by atoms with Gasteiger partial charge in [-0.25, -0.2) is 0 Å². The van der Waals surface area contributed by atoms with Crippen LogP contribution in [0.5, 0.6) is 0 Å². The van der Waals surface area contributed by atoms with Crippen LogP contribution in [0.1, 0.15) is 11.3 Å². The van der Waals surface area contributed by atoms with Gasteiger partial charge < -0.3 is 4.98 Å². The van der Waals surface area contributed by atoms with Gasteiger partial charge in [0.1, 0.15) is 0 Å². The molecular weight excluding hydrogens is 212 g/mol. The van der Waals surface area contributed by atoms with Crippen LogP contribution in [0.4, 0.5) is 0 Å². The molecular formula is C14H12N2O. The van der Waals surface area contributed by atoms with E-state index in [1.807, 2.05) is 38.1 Å². The predicted molar refractivity (Wildman–Crippen MR) is 69.3 cm³/mol. The van der Waals surface area contributed by atoms with Gasteiger partial charge in [0.25, 0.3) is 5.56 Å². The lowest BCUT2D eigenvalue weighted by Crippen LogP contribution is -2.07. The molecule has 1 N–H and O–H groups in total. The Morgan fingerprint density at radius 3 is 2.59 bits per heavy atom. The minimum atomic E-state index is -0.0573. The highest BCUT2D eigenvalue weighted by atomic mass is 16.1. The van der Waals surface area contributed by atoms with Crippen molar-refractivity contribution >= 4 is 21.7 Å². The fraction of sp³-hybridized carbons (Fsp3) is 0.143. The Morgan fingerprint density at radius 2 is 1.82 bits per heavy atom. The fourth-order valence-corrected chi connectivity index (χ4v) is 2.24. The molecule has 2 aromatic heterocycles. The summed E-state index contributed by atoms with van der Waals surface area (Å²) in [6.07, 6.45) is 1.73. The third kappa shape index (κ3) is 1.35. The number of rotatable bonds is 0. The van der Waals surface area contributed by atoms with Gasteiger partial charge in [-0.1, -0.05) is 18.2 Å². The van der Waals surface area contributed by atoms with Gasteiger partial charge in [0.2, 0.25) is 0 Å². The number of hydrogen-bond donors (Lipinski definition) is 1. The van der Waals surface area contributed by atoms with E-state index in [1.54, 1.807) is 6.20 Å². The maximum atomic E-state index is 11.9. The third-order valence-corrected chi connectivity index (χ3v) is 3.26. The smallest absolute Gasteiger partial charge is 0.256 e. The molecule has 0 atom stereocenters. The van der Waals surface area contributed by atoms with Crippen molar-refractivity contribution in [3.8, 4) is 0 Å². The first-order valence-corrected chi connectivity index (χ1v) is 5.55. The van der Waals surface area contributed by atoms with Crippen LogP contribution in [0.25, 0.3) is 21.7 Å². The molecule has 3 rings (SSSR count). The van der Waals surface area contributed by atoms with Gasteiger partial charge in [-0.05, 0) is 30.9 Å². The summed E-state index contributed by atoms with van der Waals surface area (Å²) in [4.78, 5) is 19.1. The molecule has 0 aliphatic heterocycles. The molecule has 0 saturated heterocycles. The molecule has 0 aliphatic carbocycles. The Morgan fingerprint density at radius 1 is 1.12 bits per heavy atom. The molecule has 0 fully saturated rings. The molecule has 0 amide bonds. The maximum absolute atomic E-state index is 11.9. The second-order valence-electron chi connectivity index (χ2n) is 4.26. The first kappa shape index (κ1) is 10.0. The molecule has 17 heavy (non-hydrogen) atoms.